The highest BCUT2D eigenvalue weighted by Gasteiger charge is 2.24. The second kappa shape index (κ2) is 28.0. The quantitative estimate of drug-likeness (QED) is 0.100. The highest BCUT2D eigenvalue weighted by atomic mass is 35.5. The molecule has 90 heavy (non-hydrogen) atoms. The second-order valence-electron chi connectivity index (χ2n) is 22.8. The van der Waals surface area contributed by atoms with Crippen molar-refractivity contribution in [3.8, 4) is 17.2 Å². The van der Waals surface area contributed by atoms with Crippen LogP contribution in [0.5, 0.6) is 17.2 Å². The van der Waals surface area contributed by atoms with Gasteiger partial charge in [0.25, 0.3) is 0 Å². The fraction of sp³-hybridized carbons (Fsp3) is 0.282. The monoisotopic (exact) mass is 1220 g/mol. The lowest BCUT2D eigenvalue weighted by Gasteiger charge is -2.37. The summed E-state index contributed by atoms with van der Waals surface area (Å²) in [4.78, 5) is 54.8. The van der Waals surface area contributed by atoms with Crippen LogP contribution < -0.4 is 43.6 Å². The van der Waals surface area contributed by atoms with E-state index in [0.29, 0.717) is 11.7 Å². The van der Waals surface area contributed by atoms with Crippen molar-refractivity contribution in [2.24, 2.45) is 0 Å². The predicted molar refractivity (Wildman–Crippen MR) is 362 cm³/mol. The third kappa shape index (κ3) is 14.5. The number of aromatic nitrogens is 9. The summed E-state index contributed by atoms with van der Waals surface area (Å²) in [7, 11) is 5.01. The number of piperazine rings is 3. The molecule has 458 valence electrons. The van der Waals surface area contributed by atoms with Gasteiger partial charge in [-0.3, -0.25) is 15.0 Å². The summed E-state index contributed by atoms with van der Waals surface area (Å²) in [6, 6.07) is 45.7. The molecule has 0 spiro atoms. The number of rotatable bonds is 13. The Morgan fingerprint density at radius 2 is 0.722 bits per heavy atom. The van der Waals surface area contributed by atoms with Gasteiger partial charge in [0.05, 0.1) is 49.3 Å². The van der Waals surface area contributed by atoms with E-state index in [1.165, 1.54) is 55.5 Å². The van der Waals surface area contributed by atoms with Crippen molar-refractivity contribution in [2.75, 3.05) is 129 Å². The highest BCUT2D eigenvalue weighted by Crippen LogP contribution is 2.32. The van der Waals surface area contributed by atoms with E-state index in [0.717, 1.165) is 153 Å². The van der Waals surface area contributed by atoms with Crippen LogP contribution >= 0.6 is 11.6 Å². The molecule has 3 aliphatic heterocycles. The van der Waals surface area contributed by atoms with E-state index in [1.54, 1.807) is 27.5 Å². The Bertz CT molecular complexity index is 4230. The number of benzene rings is 5. The number of fused-ring (bicyclic) bond motifs is 3. The molecular formula is C71H74ClN15O3. The van der Waals surface area contributed by atoms with Crippen molar-refractivity contribution in [2.45, 2.75) is 33.6 Å². The average Bonchev–Trinajstić information content (AvgIpc) is 1.24. The molecule has 6 aromatic heterocycles. The van der Waals surface area contributed by atoms with Crippen LogP contribution in [0.4, 0.5) is 34.8 Å². The van der Waals surface area contributed by atoms with Crippen molar-refractivity contribution in [1.29, 1.82) is 0 Å². The number of hydrogen-bond donors (Lipinski definition) is 0. The van der Waals surface area contributed by atoms with E-state index in [9.17, 15) is 0 Å². The molecule has 14 rings (SSSR count). The van der Waals surface area contributed by atoms with Crippen molar-refractivity contribution in [3.05, 3.63) is 215 Å². The van der Waals surface area contributed by atoms with Crippen molar-refractivity contribution in [1.82, 2.24) is 44.9 Å². The third-order valence-electron chi connectivity index (χ3n) is 16.7. The van der Waals surface area contributed by atoms with E-state index in [4.69, 9.17) is 35.8 Å². The summed E-state index contributed by atoms with van der Waals surface area (Å²) < 4.78 is 16.1. The fourth-order valence-electron chi connectivity index (χ4n) is 11.9. The van der Waals surface area contributed by atoms with Crippen LogP contribution in [-0.2, 0) is 12.8 Å². The lowest BCUT2D eigenvalue weighted by molar-refractivity contribution is 0.393. The fourth-order valence-corrected chi connectivity index (χ4v) is 12.1. The van der Waals surface area contributed by atoms with Gasteiger partial charge in [0.2, 0.25) is 17.2 Å². The first-order valence-electron chi connectivity index (χ1n) is 30.6. The maximum Gasteiger partial charge on any atom is 0.225 e. The van der Waals surface area contributed by atoms with E-state index >= 15 is 0 Å². The number of anilines is 6. The first-order chi connectivity index (χ1) is 44.0. The number of aryl methyl sites for hydroxylation is 3. The molecule has 0 atom stereocenters. The molecule has 0 radical (unpaired) electrons. The van der Waals surface area contributed by atoms with Gasteiger partial charge in [-0.1, -0.05) is 48.5 Å². The minimum Gasteiger partial charge on any atom is -0.497 e. The van der Waals surface area contributed by atoms with Gasteiger partial charge in [0.15, 0.2) is 0 Å². The Labute approximate surface area is 530 Å². The number of halogens is 1. The lowest BCUT2D eigenvalue weighted by atomic mass is 10.1. The van der Waals surface area contributed by atoms with Gasteiger partial charge in [-0.15, -0.1) is 0 Å². The third-order valence-corrected chi connectivity index (χ3v) is 16.9. The molecule has 9 heterocycles. The van der Waals surface area contributed by atoms with Gasteiger partial charge in [-0.05, 0) is 139 Å². The predicted octanol–water partition coefficient (Wildman–Crippen LogP) is 11.8. The number of pyridine rings is 3. The minimum atomic E-state index is 0.297. The van der Waals surface area contributed by atoms with Crippen LogP contribution in [0.25, 0.3) is 32.7 Å². The zero-order valence-corrected chi connectivity index (χ0v) is 52.6. The average molecular weight is 1220 g/mol. The zero-order valence-electron chi connectivity index (χ0n) is 51.9. The van der Waals surface area contributed by atoms with Gasteiger partial charge in [0, 0.05) is 168 Å². The molecule has 3 saturated heterocycles. The van der Waals surface area contributed by atoms with Crippen LogP contribution in [0.1, 0.15) is 39.2 Å². The molecule has 18 nitrogen and oxygen atoms in total. The van der Waals surface area contributed by atoms with Crippen LogP contribution in [0.15, 0.2) is 171 Å². The van der Waals surface area contributed by atoms with Crippen LogP contribution in [0.3, 0.4) is 0 Å². The molecule has 0 saturated carbocycles. The van der Waals surface area contributed by atoms with E-state index in [-0.39, 0.29) is 0 Å². The molecule has 3 fully saturated rings. The molecule has 0 unspecified atom stereocenters. The topological polar surface area (TPSA) is 163 Å². The molecule has 0 N–H and O–H groups in total. The summed E-state index contributed by atoms with van der Waals surface area (Å²) in [6.45, 7) is 17.2. The lowest BCUT2D eigenvalue weighted by Crippen LogP contribution is -2.47. The van der Waals surface area contributed by atoms with Gasteiger partial charge in [0.1, 0.15) is 23.1 Å². The largest absolute Gasteiger partial charge is 0.497 e. The molecule has 5 aromatic carbocycles. The van der Waals surface area contributed by atoms with Gasteiger partial charge < -0.3 is 43.6 Å². The summed E-state index contributed by atoms with van der Waals surface area (Å²) in [6.07, 6.45) is 12.6. The highest BCUT2D eigenvalue weighted by molar-refractivity contribution is 6.28. The Morgan fingerprint density at radius 1 is 0.344 bits per heavy atom. The Kier molecular flexibility index (Phi) is 18.8. The number of hydrogen-bond acceptors (Lipinski definition) is 18. The Morgan fingerprint density at radius 3 is 1.13 bits per heavy atom. The smallest absolute Gasteiger partial charge is 0.225 e. The Hall–Kier alpha value is -9.94. The van der Waals surface area contributed by atoms with Gasteiger partial charge in [-0.2, -0.15) is 0 Å². The molecule has 0 amide bonds. The van der Waals surface area contributed by atoms with Gasteiger partial charge >= 0.3 is 0 Å². The number of nitrogens with zero attached hydrogens (tertiary/aromatic N) is 15. The van der Waals surface area contributed by atoms with E-state index in [2.05, 4.69) is 170 Å². The standard InChI is InChI=1S/C27H29N5O2.C26H27N5O.C18H18ClN5/c1-19-4-5-24-25(14-19)28-9-7-26(24)31-10-12-32(13-11-31)27-29-8-6-21(30-27)15-20-16-22(33-2)18-23(17-20)34-3;1-19-3-8-23-24(17-19)27-12-10-25(23)30-13-15-31(16-14-30)26-28-11-9-21(29-26)18-20-4-6-22(32-2)7-5-20;1-13-2-3-14-15(12-13)20-6-4-16(14)23-8-10-24(11-9-23)17-5-7-21-18(19)22-17/h4-9,14,16-18H,10-13,15H2,1-3H3;3-12,17H,13-16,18H2,1-2H3;2-7,12H,8-11H2,1H3. The minimum absolute atomic E-state index is 0.297. The Balaban J connectivity index is 0.000000133. The summed E-state index contributed by atoms with van der Waals surface area (Å²) in [5.74, 6) is 4.90. The maximum absolute atomic E-state index is 5.90. The van der Waals surface area contributed by atoms with E-state index < -0.39 is 0 Å². The number of methoxy groups -OCH3 is 3. The number of ether oxygens (including phenoxy) is 3. The first kappa shape index (κ1) is 60.3. The first-order valence-corrected chi connectivity index (χ1v) is 30.9. The SMILES string of the molecule is COc1cc(Cc2ccnc(N3CCN(c4ccnc5cc(C)ccc45)CC3)n2)cc(OC)c1.COc1ccc(Cc2ccnc(N3CCN(c4ccnc5cc(C)ccc45)CC3)n2)cc1.Cc1ccc2c(N3CCN(c4ccnc(Cl)n4)CC3)ccnc2c1. The molecule has 0 bridgehead atoms. The van der Waals surface area contributed by atoms with Crippen molar-refractivity contribution >= 4 is 79.1 Å². The van der Waals surface area contributed by atoms with Gasteiger partial charge in [-0.25, -0.2) is 29.9 Å². The zero-order chi connectivity index (χ0) is 61.9. The molecule has 0 aliphatic carbocycles. The van der Waals surface area contributed by atoms with Crippen LogP contribution in [0, 0.1) is 20.8 Å². The van der Waals surface area contributed by atoms with Crippen LogP contribution in [0.2, 0.25) is 5.28 Å². The maximum atomic E-state index is 5.90. The van der Waals surface area contributed by atoms with Crippen molar-refractivity contribution in [3.63, 3.8) is 0 Å². The summed E-state index contributed by atoms with van der Waals surface area (Å²) in [5, 5.41) is 3.92. The molecule has 3 aliphatic rings. The van der Waals surface area contributed by atoms with Crippen LogP contribution in [-0.4, -0.2) is 145 Å². The normalized spacial score (nSPS) is 14.3. The van der Waals surface area contributed by atoms with E-state index in [1.807, 2.05) is 79.5 Å². The second-order valence-corrected chi connectivity index (χ2v) is 23.1. The van der Waals surface area contributed by atoms with Crippen molar-refractivity contribution < 1.29 is 14.2 Å². The molecule has 11 aromatic rings. The summed E-state index contributed by atoms with van der Waals surface area (Å²) >= 11 is 5.90. The summed E-state index contributed by atoms with van der Waals surface area (Å²) in [5.41, 5.74) is 14.9. The molecule has 19 heteroatoms. The molecular weight excluding hydrogens is 1150 g/mol.